The third-order valence-corrected chi connectivity index (χ3v) is 2.41. The van der Waals surface area contributed by atoms with Gasteiger partial charge in [0.05, 0.1) is 5.02 Å². The van der Waals surface area contributed by atoms with E-state index in [0.29, 0.717) is 5.02 Å². The molecule has 0 saturated carbocycles. The zero-order valence-electron chi connectivity index (χ0n) is 6.40. The van der Waals surface area contributed by atoms with Crippen molar-refractivity contribution < 1.29 is 9.13 Å². The fraction of sp³-hybridized carbons (Fsp3) is 0.250. The van der Waals surface area contributed by atoms with Gasteiger partial charge in [0.15, 0.2) is 0 Å². The van der Waals surface area contributed by atoms with Crippen LogP contribution in [0.1, 0.15) is 5.56 Å². The molecule has 0 spiro atoms. The summed E-state index contributed by atoms with van der Waals surface area (Å²) in [4.78, 5) is 0. The highest BCUT2D eigenvalue weighted by Gasteiger charge is 2.07. The molecule has 0 unspecified atom stereocenters. The lowest BCUT2D eigenvalue weighted by molar-refractivity contribution is 0.192. The molecule has 1 aromatic carbocycles. The molecular weight excluding hydrogens is 202 g/mol. The van der Waals surface area contributed by atoms with E-state index in [1.165, 1.54) is 0 Å². The van der Waals surface area contributed by atoms with Crippen LogP contribution < -0.4 is 4.74 Å². The van der Waals surface area contributed by atoms with Gasteiger partial charge in [-0.15, -0.1) is 0 Å². The monoisotopic (exact) mass is 208 g/mol. The second kappa shape index (κ2) is 3.97. The summed E-state index contributed by atoms with van der Waals surface area (Å²) in [7, 11) is 0. The van der Waals surface area contributed by atoms with Gasteiger partial charge < -0.3 is 4.74 Å². The maximum Gasteiger partial charge on any atom is 0.228 e. The molecule has 0 amide bonds. The van der Waals surface area contributed by atoms with Crippen molar-refractivity contribution in [2.75, 3.05) is 6.86 Å². The maximum atomic E-state index is 11.8. The van der Waals surface area contributed by atoms with Gasteiger partial charge in [-0.05, 0) is 18.6 Å². The summed E-state index contributed by atoms with van der Waals surface area (Å²) >= 11 is 11.5. The third-order valence-electron chi connectivity index (χ3n) is 1.45. The molecule has 1 nitrogen and oxygen atoms in total. The Morgan fingerprint density at radius 3 is 2.58 bits per heavy atom. The lowest BCUT2D eigenvalue weighted by atomic mass is 10.2. The van der Waals surface area contributed by atoms with E-state index in [-0.39, 0.29) is 10.8 Å². The van der Waals surface area contributed by atoms with E-state index in [2.05, 4.69) is 4.74 Å². The van der Waals surface area contributed by atoms with Crippen molar-refractivity contribution in [3.05, 3.63) is 27.7 Å². The molecule has 0 bridgehead atoms. The first-order valence-corrected chi connectivity index (χ1v) is 4.05. The second-order valence-electron chi connectivity index (χ2n) is 2.26. The molecule has 0 aliphatic rings. The predicted octanol–water partition coefficient (Wildman–Crippen LogP) is 3.61. The first-order chi connectivity index (χ1) is 5.66. The minimum atomic E-state index is -0.904. The normalized spacial score (nSPS) is 10.0. The lowest BCUT2D eigenvalue weighted by Crippen LogP contribution is -1.91. The molecule has 0 saturated heterocycles. The smallest absolute Gasteiger partial charge is 0.228 e. The van der Waals surface area contributed by atoms with Crippen LogP contribution in [0.2, 0.25) is 10.0 Å². The average molecular weight is 209 g/mol. The van der Waals surface area contributed by atoms with Gasteiger partial charge in [-0.2, -0.15) is 0 Å². The quantitative estimate of drug-likeness (QED) is 0.722. The molecule has 0 heterocycles. The third kappa shape index (κ3) is 1.82. The molecule has 0 aliphatic carbocycles. The number of halogens is 3. The number of hydrogen-bond donors (Lipinski definition) is 0. The first kappa shape index (κ1) is 9.62. The van der Waals surface area contributed by atoms with E-state index >= 15 is 0 Å². The predicted molar refractivity (Wildman–Crippen MR) is 47.8 cm³/mol. The van der Waals surface area contributed by atoms with Crippen molar-refractivity contribution in [3.63, 3.8) is 0 Å². The zero-order valence-corrected chi connectivity index (χ0v) is 7.92. The number of alkyl halides is 1. The lowest BCUT2D eigenvalue weighted by Gasteiger charge is -2.06. The number of hydrogen-bond acceptors (Lipinski definition) is 1. The van der Waals surface area contributed by atoms with Crippen LogP contribution in [0.3, 0.4) is 0 Å². The van der Waals surface area contributed by atoms with Gasteiger partial charge in [0, 0.05) is 0 Å². The van der Waals surface area contributed by atoms with Crippen molar-refractivity contribution in [3.8, 4) is 5.75 Å². The van der Waals surface area contributed by atoms with Crippen LogP contribution >= 0.6 is 23.2 Å². The Labute approximate surface area is 80.0 Å². The largest absolute Gasteiger partial charge is 0.461 e. The molecule has 1 rings (SSSR count). The van der Waals surface area contributed by atoms with Crippen molar-refractivity contribution >= 4 is 23.2 Å². The number of aryl methyl sites for hydroxylation is 1. The Balaban J connectivity index is 3.08. The molecule has 4 heteroatoms. The van der Waals surface area contributed by atoms with E-state index < -0.39 is 6.86 Å². The van der Waals surface area contributed by atoms with Gasteiger partial charge in [-0.1, -0.05) is 29.3 Å². The van der Waals surface area contributed by atoms with Crippen LogP contribution in [0.15, 0.2) is 12.1 Å². The Morgan fingerprint density at radius 2 is 2.00 bits per heavy atom. The molecule has 66 valence electrons. The van der Waals surface area contributed by atoms with Gasteiger partial charge in [-0.3, -0.25) is 0 Å². The fourth-order valence-electron chi connectivity index (χ4n) is 0.799. The highest BCUT2D eigenvalue weighted by atomic mass is 35.5. The van der Waals surface area contributed by atoms with Gasteiger partial charge in [-0.25, -0.2) is 4.39 Å². The summed E-state index contributed by atoms with van der Waals surface area (Å²) in [5.74, 6) is 0.273. The molecular formula is C8H7Cl2FO. The maximum absolute atomic E-state index is 11.8. The van der Waals surface area contributed by atoms with E-state index in [4.69, 9.17) is 23.2 Å². The molecule has 0 aliphatic heterocycles. The SMILES string of the molecule is Cc1ccc(OCF)c(Cl)c1Cl. The van der Waals surface area contributed by atoms with E-state index in [9.17, 15) is 4.39 Å². The summed E-state index contributed by atoms with van der Waals surface area (Å²) in [5, 5.41) is 0.664. The molecule has 0 atom stereocenters. The highest BCUT2D eigenvalue weighted by Crippen LogP contribution is 2.34. The number of rotatable bonds is 2. The molecule has 0 radical (unpaired) electrons. The summed E-state index contributed by atoms with van der Waals surface area (Å²) in [6.45, 7) is 0.909. The van der Waals surface area contributed by atoms with Gasteiger partial charge in [0.1, 0.15) is 10.8 Å². The summed E-state index contributed by atoms with van der Waals surface area (Å²) in [5.41, 5.74) is 0.841. The van der Waals surface area contributed by atoms with Crippen molar-refractivity contribution in [1.82, 2.24) is 0 Å². The standard InChI is InChI=1S/C8H7Cl2FO/c1-5-2-3-6(12-4-11)8(10)7(5)9/h2-3H,4H2,1H3. The Kier molecular flexibility index (Phi) is 3.18. The second-order valence-corrected chi connectivity index (χ2v) is 3.02. The van der Waals surface area contributed by atoms with E-state index in [1.807, 2.05) is 6.92 Å². The minimum absolute atomic E-state index is 0.259. The van der Waals surface area contributed by atoms with Crippen LogP contribution in [-0.4, -0.2) is 6.86 Å². The van der Waals surface area contributed by atoms with Crippen molar-refractivity contribution in [2.24, 2.45) is 0 Å². The Hall–Kier alpha value is -0.470. The van der Waals surface area contributed by atoms with Crippen molar-refractivity contribution in [1.29, 1.82) is 0 Å². The summed E-state index contributed by atoms with van der Waals surface area (Å²) < 4.78 is 16.4. The molecule has 0 fully saturated rings. The Bertz CT molecular complexity index is 289. The zero-order chi connectivity index (χ0) is 9.14. The molecule has 1 aromatic rings. The average Bonchev–Trinajstić information content (AvgIpc) is 2.07. The first-order valence-electron chi connectivity index (χ1n) is 3.30. The molecule has 0 aromatic heterocycles. The van der Waals surface area contributed by atoms with E-state index in [1.54, 1.807) is 12.1 Å². The van der Waals surface area contributed by atoms with Crippen molar-refractivity contribution in [2.45, 2.75) is 6.92 Å². The summed E-state index contributed by atoms with van der Waals surface area (Å²) in [6.07, 6.45) is 0. The van der Waals surface area contributed by atoms with Crippen LogP contribution in [-0.2, 0) is 0 Å². The summed E-state index contributed by atoms with van der Waals surface area (Å²) in [6, 6.07) is 3.31. The van der Waals surface area contributed by atoms with Gasteiger partial charge >= 0.3 is 0 Å². The van der Waals surface area contributed by atoms with Crippen LogP contribution in [0.4, 0.5) is 4.39 Å². The topological polar surface area (TPSA) is 9.23 Å². The van der Waals surface area contributed by atoms with Crippen LogP contribution in [0.25, 0.3) is 0 Å². The van der Waals surface area contributed by atoms with E-state index in [0.717, 1.165) is 5.56 Å². The number of benzene rings is 1. The Morgan fingerprint density at radius 1 is 1.33 bits per heavy atom. The van der Waals surface area contributed by atoms with Crippen LogP contribution in [0, 0.1) is 6.92 Å². The molecule has 12 heavy (non-hydrogen) atoms. The number of ether oxygens (including phenoxy) is 1. The van der Waals surface area contributed by atoms with Gasteiger partial charge in [0.25, 0.3) is 0 Å². The van der Waals surface area contributed by atoms with Gasteiger partial charge in [0.2, 0.25) is 6.86 Å². The fourth-order valence-corrected chi connectivity index (χ4v) is 1.22. The highest BCUT2D eigenvalue weighted by molar-refractivity contribution is 6.43. The van der Waals surface area contributed by atoms with Crippen LogP contribution in [0.5, 0.6) is 5.75 Å². The minimum Gasteiger partial charge on any atom is -0.461 e. The molecule has 0 N–H and O–H groups in total.